The zero-order chi connectivity index (χ0) is 16.6. The van der Waals surface area contributed by atoms with E-state index in [9.17, 15) is 0 Å². The van der Waals surface area contributed by atoms with Gasteiger partial charge in [-0.05, 0) is 49.9 Å². The normalized spacial score (nSPS) is 15.8. The van der Waals surface area contributed by atoms with Gasteiger partial charge in [-0.25, -0.2) is 9.97 Å². The van der Waals surface area contributed by atoms with Crippen molar-refractivity contribution < 1.29 is 0 Å². The summed E-state index contributed by atoms with van der Waals surface area (Å²) >= 11 is 0. The zero-order valence-electron chi connectivity index (χ0n) is 14.1. The fourth-order valence-electron chi connectivity index (χ4n) is 3.73. The van der Waals surface area contributed by atoms with Crippen LogP contribution in [0.1, 0.15) is 24.2 Å². The van der Waals surface area contributed by atoms with Crippen LogP contribution in [0.5, 0.6) is 0 Å². The standard InChI is InChI=1S/C21H20N4/c1-3-9-16(10-4-1)24-15-25(17-11-5-2-6-12-17)21-20(24)22-18-13-7-8-14-19(18)23-21/h1-6,9-12H,7-8,13-15H2. The molecule has 0 bridgehead atoms. The molecule has 5 rings (SSSR count). The maximum absolute atomic E-state index is 5.05. The van der Waals surface area contributed by atoms with Gasteiger partial charge in [0, 0.05) is 11.4 Å². The summed E-state index contributed by atoms with van der Waals surface area (Å²) in [5.41, 5.74) is 4.68. The van der Waals surface area contributed by atoms with Gasteiger partial charge in [0.05, 0.1) is 11.4 Å². The van der Waals surface area contributed by atoms with Gasteiger partial charge in [-0.15, -0.1) is 0 Å². The first-order chi connectivity index (χ1) is 12.4. The number of hydrogen-bond acceptors (Lipinski definition) is 4. The highest BCUT2D eigenvalue weighted by Crippen LogP contribution is 2.42. The molecule has 0 saturated heterocycles. The van der Waals surface area contributed by atoms with Crippen LogP contribution in [0.4, 0.5) is 23.0 Å². The van der Waals surface area contributed by atoms with Gasteiger partial charge in [0.25, 0.3) is 0 Å². The van der Waals surface area contributed by atoms with Crippen LogP contribution in [0.2, 0.25) is 0 Å². The molecule has 2 aromatic carbocycles. The molecule has 0 N–H and O–H groups in total. The molecule has 0 atom stereocenters. The van der Waals surface area contributed by atoms with Crippen LogP contribution in [0.3, 0.4) is 0 Å². The van der Waals surface area contributed by atoms with Crippen LogP contribution in [-0.4, -0.2) is 16.6 Å². The molecule has 124 valence electrons. The third-order valence-electron chi connectivity index (χ3n) is 5.02. The highest BCUT2D eigenvalue weighted by Gasteiger charge is 2.32. The summed E-state index contributed by atoms with van der Waals surface area (Å²) in [5.74, 6) is 1.96. The van der Waals surface area contributed by atoms with Crippen molar-refractivity contribution in [2.24, 2.45) is 0 Å². The predicted molar refractivity (Wildman–Crippen MR) is 101 cm³/mol. The van der Waals surface area contributed by atoms with Crippen LogP contribution >= 0.6 is 0 Å². The van der Waals surface area contributed by atoms with E-state index in [1.165, 1.54) is 24.2 Å². The summed E-state index contributed by atoms with van der Waals surface area (Å²) in [6.45, 7) is 0.742. The van der Waals surface area contributed by atoms with Crippen LogP contribution in [-0.2, 0) is 12.8 Å². The Morgan fingerprint density at radius 2 is 1.04 bits per heavy atom. The summed E-state index contributed by atoms with van der Waals surface area (Å²) in [5, 5.41) is 0. The number of hydrogen-bond donors (Lipinski definition) is 0. The Labute approximate surface area is 147 Å². The Hall–Kier alpha value is -2.88. The molecule has 4 heteroatoms. The van der Waals surface area contributed by atoms with Gasteiger partial charge in [0.15, 0.2) is 11.6 Å². The van der Waals surface area contributed by atoms with Gasteiger partial charge in [-0.2, -0.15) is 0 Å². The zero-order valence-corrected chi connectivity index (χ0v) is 14.1. The van der Waals surface area contributed by atoms with Crippen LogP contribution in [0.25, 0.3) is 0 Å². The largest absolute Gasteiger partial charge is 0.305 e. The fraction of sp³-hybridized carbons (Fsp3) is 0.238. The maximum Gasteiger partial charge on any atom is 0.178 e. The Kier molecular flexibility index (Phi) is 3.40. The molecule has 1 aliphatic carbocycles. The molecule has 3 aromatic rings. The number of benzene rings is 2. The van der Waals surface area contributed by atoms with Crippen molar-refractivity contribution in [2.45, 2.75) is 25.7 Å². The minimum atomic E-state index is 0.742. The van der Waals surface area contributed by atoms with Crippen molar-refractivity contribution in [2.75, 3.05) is 16.5 Å². The molecule has 0 amide bonds. The third-order valence-corrected chi connectivity index (χ3v) is 5.02. The Morgan fingerprint density at radius 3 is 1.48 bits per heavy atom. The number of para-hydroxylation sites is 2. The molecule has 1 aliphatic heterocycles. The number of aryl methyl sites for hydroxylation is 2. The number of nitrogens with zero attached hydrogens (tertiary/aromatic N) is 4. The Morgan fingerprint density at radius 1 is 0.600 bits per heavy atom. The minimum absolute atomic E-state index is 0.742. The van der Waals surface area contributed by atoms with Crippen molar-refractivity contribution in [1.29, 1.82) is 0 Å². The molecule has 2 heterocycles. The highest BCUT2D eigenvalue weighted by molar-refractivity contribution is 5.82. The van der Waals surface area contributed by atoms with Gasteiger partial charge in [0.2, 0.25) is 0 Å². The van der Waals surface area contributed by atoms with Gasteiger partial charge in [-0.1, -0.05) is 36.4 Å². The molecule has 0 fully saturated rings. The average Bonchev–Trinajstić information content (AvgIpc) is 3.06. The molecule has 1 aromatic heterocycles. The van der Waals surface area contributed by atoms with E-state index in [0.717, 1.165) is 42.5 Å². The summed E-state index contributed by atoms with van der Waals surface area (Å²) in [6.07, 6.45) is 4.52. The summed E-state index contributed by atoms with van der Waals surface area (Å²) in [4.78, 5) is 14.6. The first-order valence-corrected chi connectivity index (χ1v) is 8.95. The molecule has 0 saturated carbocycles. The molecule has 4 nitrogen and oxygen atoms in total. The van der Waals surface area contributed by atoms with Crippen LogP contribution < -0.4 is 9.80 Å². The quantitative estimate of drug-likeness (QED) is 0.688. The van der Waals surface area contributed by atoms with E-state index in [2.05, 4.69) is 58.3 Å². The smallest absolute Gasteiger partial charge is 0.178 e. The van der Waals surface area contributed by atoms with Crippen molar-refractivity contribution >= 4 is 23.0 Å². The molecular formula is C21H20N4. The second-order valence-electron chi connectivity index (χ2n) is 6.64. The minimum Gasteiger partial charge on any atom is -0.305 e. The summed E-state index contributed by atoms with van der Waals surface area (Å²) < 4.78 is 0. The van der Waals surface area contributed by atoms with Crippen molar-refractivity contribution in [3.05, 3.63) is 72.1 Å². The Balaban J connectivity index is 1.66. The van der Waals surface area contributed by atoms with Crippen LogP contribution in [0, 0.1) is 0 Å². The van der Waals surface area contributed by atoms with E-state index >= 15 is 0 Å². The molecule has 25 heavy (non-hydrogen) atoms. The lowest BCUT2D eigenvalue weighted by Gasteiger charge is -2.20. The first-order valence-electron chi connectivity index (χ1n) is 8.95. The number of rotatable bonds is 2. The van der Waals surface area contributed by atoms with Crippen molar-refractivity contribution in [3.63, 3.8) is 0 Å². The molecular weight excluding hydrogens is 308 g/mol. The highest BCUT2D eigenvalue weighted by atomic mass is 15.4. The number of fused-ring (bicyclic) bond motifs is 2. The average molecular weight is 328 g/mol. The molecule has 2 aliphatic rings. The van der Waals surface area contributed by atoms with Gasteiger partial charge in [-0.3, -0.25) is 0 Å². The summed E-state index contributed by atoms with van der Waals surface area (Å²) in [6, 6.07) is 21.0. The van der Waals surface area contributed by atoms with Crippen LogP contribution in [0.15, 0.2) is 60.7 Å². The van der Waals surface area contributed by atoms with E-state index in [1.54, 1.807) is 0 Å². The number of aromatic nitrogens is 2. The number of anilines is 4. The van der Waals surface area contributed by atoms with E-state index in [1.807, 2.05) is 12.1 Å². The van der Waals surface area contributed by atoms with Gasteiger partial charge >= 0.3 is 0 Å². The third kappa shape index (κ3) is 2.45. The lowest BCUT2D eigenvalue weighted by atomic mass is 10.0. The van der Waals surface area contributed by atoms with Gasteiger partial charge in [0.1, 0.15) is 6.67 Å². The van der Waals surface area contributed by atoms with Gasteiger partial charge < -0.3 is 9.80 Å². The lowest BCUT2D eigenvalue weighted by Crippen LogP contribution is -2.24. The second-order valence-corrected chi connectivity index (χ2v) is 6.64. The monoisotopic (exact) mass is 328 g/mol. The SMILES string of the molecule is c1ccc(N2CN(c3ccccc3)c3nc4c(nc32)CCCC4)cc1. The predicted octanol–water partition coefficient (Wildman–Crippen LogP) is 4.60. The maximum atomic E-state index is 5.05. The summed E-state index contributed by atoms with van der Waals surface area (Å²) in [7, 11) is 0. The van der Waals surface area contributed by atoms with E-state index in [-0.39, 0.29) is 0 Å². The molecule has 0 spiro atoms. The van der Waals surface area contributed by atoms with E-state index in [0.29, 0.717) is 0 Å². The van der Waals surface area contributed by atoms with Crippen molar-refractivity contribution in [1.82, 2.24) is 9.97 Å². The second kappa shape index (κ2) is 5.88. The lowest BCUT2D eigenvalue weighted by molar-refractivity contribution is 0.651. The fourth-order valence-corrected chi connectivity index (χ4v) is 3.73. The Bertz CT molecular complexity index is 818. The van der Waals surface area contributed by atoms with Crippen molar-refractivity contribution in [3.8, 4) is 0 Å². The molecule has 0 radical (unpaired) electrons. The first kappa shape index (κ1) is 14.5. The van der Waals surface area contributed by atoms with E-state index in [4.69, 9.17) is 9.97 Å². The van der Waals surface area contributed by atoms with E-state index < -0.39 is 0 Å². The topological polar surface area (TPSA) is 32.3 Å². The molecule has 0 unspecified atom stereocenters.